The van der Waals surface area contributed by atoms with E-state index in [1.54, 1.807) is 19.3 Å². The van der Waals surface area contributed by atoms with Crippen molar-refractivity contribution in [2.24, 2.45) is 0 Å². The number of nitrogens with one attached hydrogen (secondary N) is 1. The first kappa shape index (κ1) is 20.2. The molecule has 0 spiro atoms. The van der Waals surface area contributed by atoms with Crippen molar-refractivity contribution in [2.75, 3.05) is 7.11 Å². The van der Waals surface area contributed by atoms with Crippen molar-refractivity contribution in [1.29, 1.82) is 0 Å². The van der Waals surface area contributed by atoms with Crippen LogP contribution >= 0.6 is 0 Å². The number of ether oxygens (including phenoxy) is 1. The fraction of sp³-hybridized carbons (Fsp3) is 0.0769. The highest BCUT2D eigenvalue weighted by Crippen LogP contribution is 2.26. The summed E-state index contributed by atoms with van der Waals surface area (Å²) in [4.78, 5) is 12.4. The summed E-state index contributed by atoms with van der Waals surface area (Å²) in [5.74, 6) is 0.626. The van der Waals surface area contributed by atoms with Gasteiger partial charge in [0.05, 0.1) is 18.5 Å². The van der Waals surface area contributed by atoms with E-state index in [0.29, 0.717) is 6.54 Å². The molecule has 5 heteroatoms. The number of hydrogen-bond donors (Lipinski definition) is 1. The van der Waals surface area contributed by atoms with Crippen LogP contribution in [0.25, 0.3) is 23.0 Å². The molecular weight excluding hydrogens is 386 g/mol. The molecule has 154 valence electrons. The highest BCUT2D eigenvalue weighted by Gasteiger charge is 2.11. The lowest BCUT2D eigenvalue weighted by atomic mass is 10.1. The molecule has 1 N–H and O–H groups in total. The van der Waals surface area contributed by atoms with Gasteiger partial charge in [-0.2, -0.15) is 5.10 Å². The molecule has 3 aromatic carbocycles. The fourth-order valence-corrected chi connectivity index (χ4v) is 3.20. The predicted molar refractivity (Wildman–Crippen MR) is 123 cm³/mol. The van der Waals surface area contributed by atoms with Gasteiger partial charge in [0.25, 0.3) is 0 Å². The smallest absolute Gasteiger partial charge is 0.244 e. The number of aromatic nitrogens is 2. The number of rotatable bonds is 7. The Balaban J connectivity index is 1.59. The summed E-state index contributed by atoms with van der Waals surface area (Å²) in [7, 11) is 1.64. The average molecular weight is 409 g/mol. The molecule has 31 heavy (non-hydrogen) atoms. The zero-order valence-corrected chi connectivity index (χ0v) is 17.2. The first-order valence-corrected chi connectivity index (χ1v) is 10.0. The van der Waals surface area contributed by atoms with Crippen LogP contribution in [0.1, 0.15) is 11.1 Å². The molecule has 0 unspecified atom stereocenters. The van der Waals surface area contributed by atoms with Gasteiger partial charge in [0.15, 0.2) is 0 Å². The minimum Gasteiger partial charge on any atom is -0.497 e. The molecule has 0 aliphatic heterocycles. The molecule has 0 atom stereocenters. The van der Waals surface area contributed by atoms with Gasteiger partial charge in [0.2, 0.25) is 5.91 Å². The largest absolute Gasteiger partial charge is 0.497 e. The lowest BCUT2D eigenvalue weighted by molar-refractivity contribution is -0.116. The summed E-state index contributed by atoms with van der Waals surface area (Å²) in [5.41, 5.74) is 4.59. The van der Waals surface area contributed by atoms with Crippen molar-refractivity contribution >= 4 is 12.0 Å². The third-order valence-corrected chi connectivity index (χ3v) is 4.85. The third kappa shape index (κ3) is 5.08. The van der Waals surface area contributed by atoms with E-state index in [1.807, 2.05) is 95.8 Å². The highest BCUT2D eigenvalue weighted by molar-refractivity contribution is 5.92. The Labute approximate surface area is 181 Å². The summed E-state index contributed by atoms with van der Waals surface area (Å²) in [6, 6.07) is 27.4. The van der Waals surface area contributed by atoms with Crippen molar-refractivity contribution in [1.82, 2.24) is 15.1 Å². The minimum atomic E-state index is -0.156. The van der Waals surface area contributed by atoms with Crippen LogP contribution in [0.3, 0.4) is 0 Å². The normalized spacial score (nSPS) is 10.9. The van der Waals surface area contributed by atoms with E-state index >= 15 is 0 Å². The van der Waals surface area contributed by atoms with Gasteiger partial charge in [-0.1, -0.05) is 48.5 Å². The molecule has 0 aliphatic carbocycles. The quantitative estimate of drug-likeness (QED) is 0.443. The molecule has 0 saturated carbocycles. The van der Waals surface area contributed by atoms with Gasteiger partial charge >= 0.3 is 0 Å². The fourth-order valence-electron chi connectivity index (χ4n) is 3.20. The van der Waals surface area contributed by atoms with E-state index in [-0.39, 0.29) is 5.91 Å². The third-order valence-electron chi connectivity index (χ3n) is 4.85. The maximum absolute atomic E-state index is 12.4. The summed E-state index contributed by atoms with van der Waals surface area (Å²) in [5, 5.41) is 7.68. The number of carbonyl (C=O) groups excluding carboxylic acids is 1. The summed E-state index contributed by atoms with van der Waals surface area (Å²) in [6.45, 7) is 0.485. The van der Waals surface area contributed by atoms with Crippen molar-refractivity contribution in [3.8, 4) is 22.7 Å². The van der Waals surface area contributed by atoms with E-state index < -0.39 is 0 Å². The number of amides is 1. The summed E-state index contributed by atoms with van der Waals surface area (Å²) in [6.07, 6.45) is 5.27. The van der Waals surface area contributed by atoms with Gasteiger partial charge in [-0.25, -0.2) is 4.68 Å². The summed E-state index contributed by atoms with van der Waals surface area (Å²) < 4.78 is 7.08. The zero-order chi connectivity index (χ0) is 21.5. The second kappa shape index (κ2) is 9.59. The average Bonchev–Trinajstić information content (AvgIpc) is 3.27. The molecular formula is C26H23N3O2. The number of methoxy groups -OCH3 is 1. The zero-order valence-electron chi connectivity index (χ0n) is 17.2. The monoisotopic (exact) mass is 409 g/mol. The number of nitrogens with zero attached hydrogens (tertiary/aromatic N) is 2. The van der Waals surface area contributed by atoms with Crippen LogP contribution in [0.5, 0.6) is 5.75 Å². The van der Waals surface area contributed by atoms with Crippen molar-refractivity contribution in [3.63, 3.8) is 0 Å². The Kier molecular flexibility index (Phi) is 6.24. The first-order chi connectivity index (χ1) is 15.2. The Morgan fingerprint density at radius 2 is 1.65 bits per heavy atom. The summed E-state index contributed by atoms with van der Waals surface area (Å²) >= 11 is 0. The van der Waals surface area contributed by atoms with Crippen LogP contribution in [0.2, 0.25) is 0 Å². The Bertz CT molecular complexity index is 1160. The van der Waals surface area contributed by atoms with Crippen LogP contribution in [0, 0.1) is 0 Å². The van der Waals surface area contributed by atoms with Gasteiger partial charge in [-0.05, 0) is 48.0 Å². The number of carbonyl (C=O) groups is 1. The van der Waals surface area contributed by atoms with E-state index in [4.69, 9.17) is 9.84 Å². The molecule has 1 aromatic heterocycles. The predicted octanol–water partition coefficient (Wildman–Crippen LogP) is 4.88. The van der Waals surface area contributed by atoms with Crippen molar-refractivity contribution in [2.45, 2.75) is 6.54 Å². The molecule has 4 rings (SSSR count). The Hall–Kier alpha value is -4.12. The minimum absolute atomic E-state index is 0.156. The Morgan fingerprint density at radius 3 is 2.32 bits per heavy atom. The number of hydrogen-bond acceptors (Lipinski definition) is 3. The number of benzene rings is 3. The molecule has 1 heterocycles. The van der Waals surface area contributed by atoms with E-state index in [9.17, 15) is 4.79 Å². The van der Waals surface area contributed by atoms with Gasteiger partial charge in [-0.15, -0.1) is 0 Å². The maximum Gasteiger partial charge on any atom is 0.244 e. The molecule has 0 bridgehead atoms. The van der Waals surface area contributed by atoms with Crippen LogP contribution in [0.15, 0.2) is 97.2 Å². The van der Waals surface area contributed by atoms with E-state index in [2.05, 4.69) is 5.32 Å². The Morgan fingerprint density at radius 1 is 0.968 bits per heavy atom. The number of para-hydroxylation sites is 1. The SMILES string of the molecule is COc1ccc(-c2nn(-c3ccccc3)cc2C=CC(=O)NCc2ccccc2)cc1. The van der Waals surface area contributed by atoms with E-state index in [0.717, 1.165) is 33.8 Å². The van der Waals surface area contributed by atoms with Crippen LogP contribution < -0.4 is 10.1 Å². The van der Waals surface area contributed by atoms with E-state index in [1.165, 1.54) is 0 Å². The van der Waals surface area contributed by atoms with Gasteiger partial charge < -0.3 is 10.1 Å². The van der Waals surface area contributed by atoms with Crippen molar-refractivity contribution < 1.29 is 9.53 Å². The topological polar surface area (TPSA) is 56.2 Å². The lowest BCUT2D eigenvalue weighted by Gasteiger charge is -2.03. The van der Waals surface area contributed by atoms with Crippen molar-refractivity contribution in [3.05, 3.63) is 108 Å². The molecule has 1 amide bonds. The second-order valence-corrected chi connectivity index (χ2v) is 6.98. The molecule has 0 radical (unpaired) electrons. The molecule has 0 saturated heterocycles. The first-order valence-electron chi connectivity index (χ1n) is 10.0. The molecule has 4 aromatic rings. The molecule has 0 fully saturated rings. The maximum atomic E-state index is 12.4. The van der Waals surface area contributed by atoms with Crippen LogP contribution in [0.4, 0.5) is 0 Å². The lowest BCUT2D eigenvalue weighted by Crippen LogP contribution is -2.20. The highest BCUT2D eigenvalue weighted by atomic mass is 16.5. The van der Waals surface area contributed by atoms with Crippen LogP contribution in [-0.2, 0) is 11.3 Å². The molecule has 0 aliphatic rings. The molecule has 5 nitrogen and oxygen atoms in total. The second-order valence-electron chi connectivity index (χ2n) is 6.98. The van der Waals surface area contributed by atoms with Gasteiger partial charge in [0.1, 0.15) is 5.75 Å². The van der Waals surface area contributed by atoms with Gasteiger partial charge in [0, 0.05) is 29.9 Å². The van der Waals surface area contributed by atoms with Gasteiger partial charge in [-0.3, -0.25) is 4.79 Å². The standard InChI is InChI=1S/C26H23N3O2/c1-31-24-15-12-21(13-16-24)26-22(19-29(28-26)23-10-6-3-7-11-23)14-17-25(30)27-18-20-8-4-2-5-9-20/h2-17,19H,18H2,1H3,(H,27,30). The van der Waals surface area contributed by atoms with Crippen LogP contribution in [-0.4, -0.2) is 22.8 Å².